The van der Waals surface area contributed by atoms with Crippen LogP contribution in [0.4, 0.5) is 0 Å². The van der Waals surface area contributed by atoms with Gasteiger partial charge in [0.2, 0.25) is 5.91 Å². The van der Waals surface area contributed by atoms with E-state index in [2.05, 4.69) is 6.58 Å². The lowest BCUT2D eigenvalue weighted by atomic mass is 10.1. The highest BCUT2D eigenvalue weighted by molar-refractivity contribution is 8.04. The Kier molecular flexibility index (Phi) is 3.83. The number of carbonyl (C=O) groups excluding carboxylic acids is 1. The van der Waals surface area contributed by atoms with Crippen molar-refractivity contribution in [3.05, 3.63) is 23.6 Å². The molecule has 1 amide bonds. The largest absolute Gasteiger partial charge is 0.479 e. The van der Waals surface area contributed by atoms with E-state index in [0.29, 0.717) is 6.42 Å². The molecule has 2 saturated heterocycles. The number of aliphatic carboxylic acids is 1. The Labute approximate surface area is 108 Å². The number of hydrogen-bond donors (Lipinski definition) is 1. The minimum atomic E-state index is -0.937. The number of β-lactam (4-membered cyclic amide) rings is 1. The molecule has 6 heteroatoms. The summed E-state index contributed by atoms with van der Waals surface area (Å²) < 4.78 is 0. The number of fused-ring (bicyclic) bond motifs is 1. The van der Waals surface area contributed by atoms with Crippen LogP contribution in [0.1, 0.15) is 6.42 Å². The summed E-state index contributed by atoms with van der Waals surface area (Å²) in [5, 5.41) is 9.20. The molecule has 1 unspecified atom stereocenters. The van der Waals surface area contributed by atoms with E-state index in [1.165, 1.54) is 16.7 Å². The molecule has 2 heterocycles. The van der Waals surface area contributed by atoms with Crippen LogP contribution in [0.25, 0.3) is 0 Å². The average Bonchev–Trinajstić information content (AvgIpc) is 2.57. The molecular formula is C11H13NO3S2. The molecule has 0 aromatic carbocycles. The van der Waals surface area contributed by atoms with Crippen molar-refractivity contribution in [3.8, 4) is 0 Å². The van der Waals surface area contributed by atoms with Gasteiger partial charge in [-0.2, -0.15) is 11.8 Å². The van der Waals surface area contributed by atoms with Crippen LogP contribution in [0.5, 0.6) is 0 Å². The summed E-state index contributed by atoms with van der Waals surface area (Å²) in [6.45, 7) is 3.62. The van der Waals surface area contributed by atoms with E-state index >= 15 is 0 Å². The van der Waals surface area contributed by atoms with Crippen molar-refractivity contribution in [3.63, 3.8) is 0 Å². The SMILES string of the molecule is C=CCSCC=C1S[C@@H]2CC(=O)N2C1C(=O)O. The van der Waals surface area contributed by atoms with Crippen LogP contribution in [0.15, 0.2) is 23.6 Å². The molecule has 2 atom stereocenters. The lowest BCUT2D eigenvalue weighted by Gasteiger charge is -2.35. The van der Waals surface area contributed by atoms with Crippen molar-refractivity contribution in [2.24, 2.45) is 0 Å². The van der Waals surface area contributed by atoms with Crippen molar-refractivity contribution < 1.29 is 14.7 Å². The van der Waals surface area contributed by atoms with Gasteiger partial charge >= 0.3 is 5.97 Å². The average molecular weight is 271 g/mol. The summed E-state index contributed by atoms with van der Waals surface area (Å²) in [5.74, 6) is 0.607. The summed E-state index contributed by atoms with van der Waals surface area (Å²) in [4.78, 5) is 24.8. The third-order valence-corrected chi connectivity index (χ3v) is 4.84. The zero-order valence-corrected chi connectivity index (χ0v) is 10.8. The Morgan fingerprint density at radius 1 is 1.65 bits per heavy atom. The molecule has 0 aromatic heterocycles. The molecule has 1 N–H and O–H groups in total. The number of rotatable bonds is 5. The molecule has 2 rings (SSSR count). The van der Waals surface area contributed by atoms with Gasteiger partial charge in [0, 0.05) is 16.4 Å². The van der Waals surface area contributed by atoms with Crippen molar-refractivity contribution in [2.75, 3.05) is 11.5 Å². The first-order chi connectivity index (χ1) is 8.15. The Balaban J connectivity index is 2.03. The third kappa shape index (κ3) is 2.37. The lowest BCUT2D eigenvalue weighted by Crippen LogP contribution is -2.53. The molecule has 0 aromatic rings. The maximum atomic E-state index is 11.4. The first-order valence-electron chi connectivity index (χ1n) is 5.24. The second-order valence-corrected chi connectivity index (χ2v) is 6.08. The van der Waals surface area contributed by atoms with Crippen molar-refractivity contribution in [1.82, 2.24) is 4.90 Å². The third-order valence-electron chi connectivity index (χ3n) is 2.64. The molecule has 0 bridgehead atoms. The quantitative estimate of drug-likeness (QED) is 0.467. The maximum absolute atomic E-state index is 11.4. The molecule has 2 fully saturated rings. The fourth-order valence-electron chi connectivity index (χ4n) is 1.86. The second kappa shape index (κ2) is 5.18. The first kappa shape index (κ1) is 12.6. The Hall–Kier alpha value is -0.880. The van der Waals surface area contributed by atoms with Gasteiger partial charge in [-0.25, -0.2) is 4.79 Å². The summed E-state index contributed by atoms with van der Waals surface area (Å²) >= 11 is 3.18. The number of hydrogen-bond acceptors (Lipinski definition) is 4. The van der Waals surface area contributed by atoms with Crippen LogP contribution >= 0.6 is 23.5 Å². The van der Waals surface area contributed by atoms with Crippen molar-refractivity contribution in [1.29, 1.82) is 0 Å². The van der Waals surface area contributed by atoms with E-state index in [1.54, 1.807) is 11.8 Å². The highest BCUT2D eigenvalue weighted by Gasteiger charge is 2.52. The van der Waals surface area contributed by atoms with Crippen LogP contribution in [0.2, 0.25) is 0 Å². The fraction of sp³-hybridized carbons (Fsp3) is 0.455. The van der Waals surface area contributed by atoms with Gasteiger partial charge in [-0.1, -0.05) is 12.2 Å². The molecular weight excluding hydrogens is 258 g/mol. The number of amides is 1. The molecule has 0 radical (unpaired) electrons. The van der Waals surface area contributed by atoms with Crippen LogP contribution in [-0.2, 0) is 9.59 Å². The standard InChI is InChI=1S/C11H13NO3S2/c1-2-4-16-5-3-7-10(11(14)15)12-8(13)6-9(12)17-7/h2-3,9-10H,1,4-6H2,(H,14,15)/t9-,10?/m1/s1. The van der Waals surface area contributed by atoms with Crippen molar-refractivity contribution in [2.45, 2.75) is 17.8 Å². The highest BCUT2D eigenvalue weighted by atomic mass is 32.2. The Morgan fingerprint density at radius 2 is 2.41 bits per heavy atom. The molecule has 0 aliphatic carbocycles. The van der Waals surface area contributed by atoms with Crippen molar-refractivity contribution >= 4 is 35.4 Å². The predicted molar refractivity (Wildman–Crippen MR) is 69.9 cm³/mol. The zero-order valence-electron chi connectivity index (χ0n) is 9.17. The van der Waals surface area contributed by atoms with Crippen LogP contribution in [0, 0.1) is 0 Å². The van der Waals surface area contributed by atoms with E-state index in [1.807, 2.05) is 12.2 Å². The summed E-state index contributed by atoms with van der Waals surface area (Å²) in [6, 6.07) is -0.754. The first-order valence-corrected chi connectivity index (χ1v) is 7.28. The van der Waals surface area contributed by atoms with Crippen LogP contribution in [-0.4, -0.2) is 44.8 Å². The summed E-state index contributed by atoms with van der Waals surface area (Å²) in [7, 11) is 0. The highest BCUT2D eigenvalue weighted by Crippen LogP contribution is 2.46. The van der Waals surface area contributed by atoms with Gasteiger partial charge in [-0.05, 0) is 0 Å². The van der Waals surface area contributed by atoms with Gasteiger partial charge in [-0.15, -0.1) is 18.3 Å². The van der Waals surface area contributed by atoms with E-state index in [9.17, 15) is 9.59 Å². The molecule has 0 saturated carbocycles. The summed E-state index contributed by atoms with van der Waals surface area (Å²) in [5.41, 5.74) is 0. The predicted octanol–water partition coefficient (Wildman–Crippen LogP) is 1.55. The van der Waals surface area contributed by atoms with Gasteiger partial charge in [0.1, 0.15) is 0 Å². The number of thioether (sulfide) groups is 2. The van der Waals surface area contributed by atoms with Crippen LogP contribution < -0.4 is 0 Å². The minimum absolute atomic E-state index is 0.0410. The van der Waals surface area contributed by atoms with Gasteiger partial charge in [0.15, 0.2) is 6.04 Å². The van der Waals surface area contributed by atoms with Gasteiger partial charge in [0.05, 0.1) is 11.8 Å². The van der Waals surface area contributed by atoms with Crippen LogP contribution in [0.3, 0.4) is 0 Å². The molecule has 92 valence electrons. The number of carbonyl (C=O) groups is 2. The molecule has 17 heavy (non-hydrogen) atoms. The fourth-order valence-corrected chi connectivity index (χ4v) is 3.98. The van der Waals surface area contributed by atoms with E-state index in [0.717, 1.165) is 16.4 Å². The van der Waals surface area contributed by atoms with E-state index in [4.69, 9.17) is 5.11 Å². The normalized spacial score (nSPS) is 29.1. The molecule has 0 spiro atoms. The Morgan fingerprint density at radius 3 is 3.00 bits per heavy atom. The molecule has 4 nitrogen and oxygen atoms in total. The van der Waals surface area contributed by atoms with Gasteiger partial charge in [-0.3, -0.25) is 4.79 Å². The number of carboxylic acids is 1. The Bertz CT molecular complexity index is 394. The topological polar surface area (TPSA) is 57.6 Å². The smallest absolute Gasteiger partial charge is 0.331 e. The number of carboxylic acid groups (broad SMARTS) is 1. The van der Waals surface area contributed by atoms with Gasteiger partial charge in [0.25, 0.3) is 0 Å². The second-order valence-electron chi connectivity index (χ2n) is 3.75. The molecule has 2 aliphatic heterocycles. The van der Waals surface area contributed by atoms with E-state index in [-0.39, 0.29) is 11.3 Å². The monoisotopic (exact) mass is 271 g/mol. The maximum Gasteiger partial charge on any atom is 0.331 e. The molecule has 2 aliphatic rings. The van der Waals surface area contributed by atoms with Gasteiger partial charge < -0.3 is 10.0 Å². The number of nitrogens with zero attached hydrogens (tertiary/aromatic N) is 1. The summed E-state index contributed by atoms with van der Waals surface area (Å²) in [6.07, 6.45) is 4.20. The minimum Gasteiger partial charge on any atom is -0.479 e. The lowest BCUT2D eigenvalue weighted by molar-refractivity contribution is -0.154. The van der Waals surface area contributed by atoms with E-state index < -0.39 is 12.0 Å². The zero-order chi connectivity index (χ0) is 12.4.